The molecule has 0 bridgehead atoms. The first-order valence-electron chi connectivity index (χ1n) is 9.40. The molecule has 0 saturated carbocycles. The van der Waals surface area contributed by atoms with Gasteiger partial charge in [-0.15, -0.1) is 0 Å². The number of hydrogen-bond donors (Lipinski definition) is 1. The molecular formula is C21H25N3O3. The van der Waals surface area contributed by atoms with Crippen LogP contribution in [0.25, 0.3) is 6.08 Å². The zero-order valence-corrected chi connectivity index (χ0v) is 15.6. The zero-order chi connectivity index (χ0) is 19.2. The highest BCUT2D eigenvalue weighted by atomic mass is 16.2. The number of imide groups is 1. The van der Waals surface area contributed by atoms with Crippen LogP contribution in [-0.2, 0) is 9.59 Å². The van der Waals surface area contributed by atoms with E-state index in [2.05, 4.69) is 5.32 Å². The lowest BCUT2D eigenvalue weighted by molar-refractivity contribution is -0.135. The Morgan fingerprint density at radius 1 is 1.07 bits per heavy atom. The van der Waals surface area contributed by atoms with Crippen LogP contribution in [0.4, 0.5) is 4.79 Å². The van der Waals surface area contributed by atoms with Gasteiger partial charge in [0.1, 0.15) is 12.2 Å². The fourth-order valence-electron chi connectivity index (χ4n) is 3.35. The maximum absolute atomic E-state index is 12.6. The number of likely N-dealkylation sites (tertiary alicyclic amines) is 1. The van der Waals surface area contributed by atoms with E-state index in [0.29, 0.717) is 13.1 Å². The van der Waals surface area contributed by atoms with Gasteiger partial charge in [0.15, 0.2) is 0 Å². The molecule has 3 rings (SSSR count). The second-order valence-corrected chi connectivity index (χ2v) is 6.97. The number of urea groups is 1. The number of carbonyl (C=O) groups is 3. The summed E-state index contributed by atoms with van der Waals surface area (Å²) in [6.07, 6.45) is 7.75. The second kappa shape index (κ2) is 8.66. The van der Waals surface area contributed by atoms with E-state index < -0.39 is 11.9 Å². The highest BCUT2D eigenvalue weighted by Gasteiger charge is 2.35. The Kier molecular flexibility index (Phi) is 6.06. The molecule has 2 fully saturated rings. The Balaban J connectivity index is 1.67. The Hall–Kier alpha value is -2.89. The lowest BCUT2D eigenvalue weighted by Gasteiger charge is -2.22. The molecule has 142 valence electrons. The molecule has 1 aromatic rings. The first-order chi connectivity index (χ1) is 13.0. The minimum atomic E-state index is -0.540. The summed E-state index contributed by atoms with van der Waals surface area (Å²) >= 11 is 0. The van der Waals surface area contributed by atoms with Gasteiger partial charge in [0.05, 0.1) is 0 Å². The molecule has 6 nitrogen and oxygen atoms in total. The van der Waals surface area contributed by atoms with Crippen molar-refractivity contribution in [1.29, 1.82) is 0 Å². The molecule has 1 aromatic carbocycles. The molecule has 0 aliphatic carbocycles. The normalized spacial score (nSPS) is 20.0. The van der Waals surface area contributed by atoms with Gasteiger partial charge in [-0.1, -0.05) is 49.2 Å². The first-order valence-corrected chi connectivity index (χ1v) is 9.40. The van der Waals surface area contributed by atoms with Crippen molar-refractivity contribution in [3.8, 4) is 0 Å². The van der Waals surface area contributed by atoms with E-state index in [1.807, 2.05) is 43.3 Å². The quantitative estimate of drug-likeness (QED) is 0.657. The van der Waals surface area contributed by atoms with Crippen LogP contribution in [0.3, 0.4) is 0 Å². The summed E-state index contributed by atoms with van der Waals surface area (Å²) in [5.41, 5.74) is 2.05. The van der Waals surface area contributed by atoms with Crippen molar-refractivity contribution in [3.63, 3.8) is 0 Å². The van der Waals surface area contributed by atoms with Crippen LogP contribution in [-0.4, -0.2) is 47.3 Å². The topological polar surface area (TPSA) is 69.7 Å². The third-order valence-corrected chi connectivity index (χ3v) is 4.78. The molecule has 2 heterocycles. The van der Waals surface area contributed by atoms with E-state index in [4.69, 9.17) is 0 Å². The Morgan fingerprint density at radius 3 is 2.41 bits per heavy atom. The predicted molar refractivity (Wildman–Crippen MR) is 103 cm³/mol. The summed E-state index contributed by atoms with van der Waals surface area (Å²) in [6.45, 7) is 3.06. The van der Waals surface area contributed by atoms with E-state index in [0.717, 1.165) is 41.7 Å². The van der Waals surface area contributed by atoms with Crippen LogP contribution in [0, 0.1) is 0 Å². The van der Waals surface area contributed by atoms with Crippen molar-refractivity contribution < 1.29 is 14.4 Å². The van der Waals surface area contributed by atoms with Gasteiger partial charge in [-0.05, 0) is 37.0 Å². The van der Waals surface area contributed by atoms with Gasteiger partial charge in [0.2, 0.25) is 5.91 Å². The van der Waals surface area contributed by atoms with Crippen LogP contribution >= 0.6 is 0 Å². The molecule has 0 aromatic heterocycles. The number of nitrogens with one attached hydrogen (secondary N) is 1. The maximum Gasteiger partial charge on any atom is 0.329 e. The van der Waals surface area contributed by atoms with Crippen molar-refractivity contribution in [3.05, 3.63) is 53.2 Å². The fraction of sp³-hybridized carbons (Fsp3) is 0.381. The largest absolute Gasteiger partial charge is 0.341 e. The molecular weight excluding hydrogens is 342 g/mol. The molecule has 2 aliphatic heterocycles. The van der Waals surface area contributed by atoms with Crippen molar-refractivity contribution in [1.82, 2.24) is 15.1 Å². The van der Waals surface area contributed by atoms with Crippen LogP contribution < -0.4 is 5.32 Å². The van der Waals surface area contributed by atoms with E-state index in [1.165, 1.54) is 0 Å². The minimum Gasteiger partial charge on any atom is -0.341 e. The van der Waals surface area contributed by atoms with Gasteiger partial charge in [-0.2, -0.15) is 0 Å². The van der Waals surface area contributed by atoms with Gasteiger partial charge < -0.3 is 10.2 Å². The third-order valence-electron chi connectivity index (χ3n) is 4.78. The average molecular weight is 367 g/mol. The van der Waals surface area contributed by atoms with Crippen LogP contribution in [0.1, 0.15) is 38.2 Å². The molecule has 4 amide bonds. The monoisotopic (exact) mass is 367 g/mol. The summed E-state index contributed by atoms with van der Waals surface area (Å²) < 4.78 is 0. The summed E-state index contributed by atoms with van der Waals surface area (Å²) in [7, 11) is 0. The highest BCUT2D eigenvalue weighted by molar-refractivity contribution is 6.13. The van der Waals surface area contributed by atoms with Crippen molar-refractivity contribution in [2.75, 3.05) is 19.6 Å². The van der Waals surface area contributed by atoms with Crippen LogP contribution in [0.2, 0.25) is 0 Å². The molecule has 0 unspecified atom stereocenters. The fourth-order valence-corrected chi connectivity index (χ4v) is 3.35. The summed E-state index contributed by atoms with van der Waals surface area (Å²) in [4.78, 5) is 40.0. The second-order valence-electron chi connectivity index (χ2n) is 6.97. The van der Waals surface area contributed by atoms with Crippen LogP contribution in [0.15, 0.2) is 47.7 Å². The molecule has 2 saturated heterocycles. The van der Waals surface area contributed by atoms with Gasteiger partial charge >= 0.3 is 6.03 Å². The average Bonchev–Trinajstić information content (AvgIpc) is 2.87. The van der Waals surface area contributed by atoms with Gasteiger partial charge in [-0.3, -0.25) is 9.59 Å². The van der Waals surface area contributed by atoms with Gasteiger partial charge in [-0.25, -0.2) is 9.69 Å². The number of nitrogens with zero attached hydrogens (tertiary/aromatic N) is 2. The van der Waals surface area contributed by atoms with Gasteiger partial charge in [0, 0.05) is 13.1 Å². The zero-order valence-electron chi connectivity index (χ0n) is 15.6. The van der Waals surface area contributed by atoms with Gasteiger partial charge in [0.25, 0.3) is 5.91 Å². The molecule has 0 spiro atoms. The molecule has 6 heteroatoms. The maximum atomic E-state index is 12.6. The number of allylic oxidation sites excluding steroid dienone is 2. The molecule has 2 aliphatic rings. The number of benzene rings is 1. The number of rotatable bonds is 4. The van der Waals surface area contributed by atoms with Crippen molar-refractivity contribution in [2.45, 2.75) is 32.6 Å². The predicted octanol–water partition coefficient (Wildman–Crippen LogP) is 2.93. The smallest absolute Gasteiger partial charge is 0.329 e. The lowest BCUT2D eigenvalue weighted by Crippen LogP contribution is -2.43. The SMILES string of the molecule is CC(/C=C1\NC(=O)N(CC(=O)N2CCCCCC2)C1=O)=C\c1ccccc1. The highest BCUT2D eigenvalue weighted by Crippen LogP contribution is 2.16. The number of carbonyl (C=O) groups excluding carboxylic acids is 3. The van der Waals surface area contributed by atoms with Crippen molar-refractivity contribution in [2.24, 2.45) is 0 Å². The van der Waals surface area contributed by atoms with E-state index in [9.17, 15) is 14.4 Å². The first kappa shape index (κ1) is 18.9. The number of amides is 4. The van der Waals surface area contributed by atoms with Crippen molar-refractivity contribution >= 4 is 23.9 Å². The number of hydrogen-bond acceptors (Lipinski definition) is 3. The molecule has 0 radical (unpaired) electrons. The molecule has 27 heavy (non-hydrogen) atoms. The summed E-state index contributed by atoms with van der Waals surface area (Å²) in [5, 5.41) is 2.58. The Labute approximate surface area is 159 Å². The summed E-state index contributed by atoms with van der Waals surface area (Å²) in [6, 6.07) is 9.19. The van der Waals surface area contributed by atoms with Crippen LogP contribution in [0.5, 0.6) is 0 Å². The lowest BCUT2D eigenvalue weighted by atomic mass is 10.1. The third kappa shape index (κ3) is 4.84. The molecule has 1 N–H and O–H groups in total. The van der Waals surface area contributed by atoms with E-state index in [1.54, 1.807) is 11.0 Å². The standard InChI is InChI=1S/C21H25N3O3/c1-16(13-17-9-5-4-6-10-17)14-18-20(26)24(21(27)22-18)15-19(25)23-11-7-2-3-8-12-23/h4-6,9-10,13-14H,2-3,7-8,11-12,15H2,1H3,(H,22,27)/b16-13+,18-14-. The van der Waals surface area contributed by atoms with E-state index in [-0.39, 0.29) is 18.1 Å². The van der Waals surface area contributed by atoms with E-state index >= 15 is 0 Å². The Morgan fingerprint density at radius 2 is 1.74 bits per heavy atom. The minimum absolute atomic E-state index is 0.168. The Bertz CT molecular complexity index is 775. The summed E-state index contributed by atoms with van der Waals surface area (Å²) in [5.74, 6) is -0.623. The molecule has 0 atom stereocenters.